The Hall–Kier alpha value is -0.950. The van der Waals surface area contributed by atoms with E-state index in [-0.39, 0.29) is 16.8 Å². The zero-order chi connectivity index (χ0) is 20.7. The van der Waals surface area contributed by atoms with Gasteiger partial charge >= 0.3 is 0 Å². The summed E-state index contributed by atoms with van der Waals surface area (Å²) in [5.74, 6) is 0.719. The Bertz CT molecular complexity index is 687. The number of hydrogen-bond donors (Lipinski definition) is 2. The topological polar surface area (TPSA) is 61.4 Å². The van der Waals surface area contributed by atoms with Gasteiger partial charge < -0.3 is 15.5 Å². The lowest BCUT2D eigenvalue weighted by atomic mass is 10.1. The van der Waals surface area contributed by atoms with Crippen molar-refractivity contribution in [1.82, 2.24) is 15.5 Å². The summed E-state index contributed by atoms with van der Waals surface area (Å²) in [5, 5.41) is 6.59. The molecule has 0 bridgehead atoms. The molecule has 8 heteroatoms. The second-order valence-electron chi connectivity index (χ2n) is 7.42. The summed E-state index contributed by atoms with van der Waals surface area (Å²) in [6, 6.07) is 4.64. The highest BCUT2D eigenvalue weighted by Crippen LogP contribution is 2.21. The van der Waals surface area contributed by atoms with Crippen LogP contribution in [0.1, 0.15) is 37.0 Å². The van der Waals surface area contributed by atoms with Crippen molar-refractivity contribution in [2.24, 2.45) is 5.92 Å². The molecule has 2 rings (SSSR count). The molecule has 2 N–H and O–H groups in total. The molecule has 0 aromatic heterocycles. The quantitative estimate of drug-likeness (QED) is 0.608. The first-order chi connectivity index (χ1) is 13.3. The van der Waals surface area contributed by atoms with Gasteiger partial charge in [0.1, 0.15) is 6.04 Å². The lowest BCUT2D eigenvalue weighted by Gasteiger charge is -2.22. The average Bonchev–Trinajstić information content (AvgIpc) is 3.12. The number of amides is 2. The molecule has 0 radical (unpaired) electrons. The number of carbonyl (C=O) groups excluding carboxylic acids is 2. The number of halogens is 2. The molecular formula is C20H29Cl2N3O2S. The summed E-state index contributed by atoms with van der Waals surface area (Å²) in [6.07, 6.45) is 3.62. The molecule has 0 spiro atoms. The molecular weight excluding hydrogens is 417 g/mol. The summed E-state index contributed by atoms with van der Waals surface area (Å²) < 4.78 is 0. The average molecular weight is 446 g/mol. The predicted octanol–water partition coefficient (Wildman–Crippen LogP) is 3.69. The second-order valence-corrected chi connectivity index (χ2v) is 9.25. The Morgan fingerprint density at radius 1 is 1.32 bits per heavy atom. The van der Waals surface area contributed by atoms with E-state index in [4.69, 9.17) is 23.2 Å². The van der Waals surface area contributed by atoms with Gasteiger partial charge in [-0.2, -0.15) is 11.8 Å². The third-order valence-electron chi connectivity index (χ3n) is 5.02. The van der Waals surface area contributed by atoms with Crippen LogP contribution in [0.2, 0.25) is 10.0 Å². The van der Waals surface area contributed by atoms with E-state index in [2.05, 4.69) is 29.4 Å². The molecule has 1 aliphatic heterocycles. The largest absolute Gasteiger partial charge is 0.354 e. The van der Waals surface area contributed by atoms with Crippen LogP contribution in [0.4, 0.5) is 0 Å². The molecule has 156 valence electrons. The van der Waals surface area contributed by atoms with Crippen molar-refractivity contribution >= 4 is 46.8 Å². The molecule has 0 saturated carbocycles. The zero-order valence-corrected chi connectivity index (χ0v) is 19.0. The van der Waals surface area contributed by atoms with E-state index in [1.807, 2.05) is 6.26 Å². The lowest BCUT2D eigenvalue weighted by Crippen LogP contribution is -2.48. The number of likely N-dealkylation sites (tertiary alicyclic amines) is 1. The van der Waals surface area contributed by atoms with Crippen LogP contribution in [-0.2, 0) is 4.79 Å². The van der Waals surface area contributed by atoms with Crippen LogP contribution in [0.25, 0.3) is 0 Å². The summed E-state index contributed by atoms with van der Waals surface area (Å²) in [4.78, 5) is 27.7. The third-order valence-corrected chi connectivity index (χ3v) is 6.21. The standard InChI is InChI=1S/C20H29Cl2N3O2S/c1-13(2)25-8-6-14(12-25)11-23-20(27)18(7-9-28-3)24-19(26)16-5-4-15(21)10-17(16)22/h4-5,10,13-14,18H,6-9,11-12H2,1-3H3,(H,23,27)(H,24,26). The lowest BCUT2D eigenvalue weighted by molar-refractivity contribution is -0.123. The fourth-order valence-electron chi connectivity index (χ4n) is 3.28. The fraction of sp³-hybridized carbons (Fsp3) is 0.600. The highest BCUT2D eigenvalue weighted by molar-refractivity contribution is 7.98. The third kappa shape index (κ3) is 6.83. The van der Waals surface area contributed by atoms with Crippen LogP contribution in [-0.4, -0.2) is 60.4 Å². The van der Waals surface area contributed by atoms with Crippen LogP contribution in [0.3, 0.4) is 0 Å². The van der Waals surface area contributed by atoms with Gasteiger partial charge in [0.15, 0.2) is 0 Å². The number of rotatable bonds is 9. The zero-order valence-electron chi connectivity index (χ0n) is 16.6. The molecule has 2 atom stereocenters. The first-order valence-electron chi connectivity index (χ1n) is 9.58. The Kier molecular flexibility index (Phi) is 9.41. The van der Waals surface area contributed by atoms with Crippen molar-refractivity contribution in [3.63, 3.8) is 0 Å². The highest BCUT2D eigenvalue weighted by Gasteiger charge is 2.27. The van der Waals surface area contributed by atoms with Gasteiger partial charge in [-0.15, -0.1) is 0 Å². The van der Waals surface area contributed by atoms with Crippen LogP contribution in [0.5, 0.6) is 0 Å². The predicted molar refractivity (Wildman–Crippen MR) is 119 cm³/mol. The summed E-state index contributed by atoms with van der Waals surface area (Å²) in [6.45, 7) is 7.09. The molecule has 28 heavy (non-hydrogen) atoms. The van der Waals surface area contributed by atoms with Crippen LogP contribution < -0.4 is 10.6 Å². The van der Waals surface area contributed by atoms with Crippen LogP contribution >= 0.6 is 35.0 Å². The van der Waals surface area contributed by atoms with Gasteiger partial charge in [0.2, 0.25) is 5.91 Å². The molecule has 5 nitrogen and oxygen atoms in total. The van der Waals surface area contributed by atoms with Crippen molar-refractivity contribution in [3.05, 3.63) is 33.8 Å². The fourth-order valence-corrected chi connectivity index (χ4v) is 4.25. The SMILES string of the molecule is CSCCC(NC(=O)c1ccc(Cl)cc1Cl)C(=O)NCC1CCN(C(C)C)C1. The van der Waals surface area contributed by atoms with E-state index >= 15 is 0 Å². The molecule has 2 unspecified atom stereocenters. The summed E-state index contributed by atoms with van der Waals surface area (Å²) in [5.41, 5.74) is 0.316. The molecule has 1 aromatic rings. The number of carbonyl (C=O) groups is 2. The van der Waals surface area contributed by atoms with E-state index in [9.17, 15) is 9.59 Å². The van der Waals surface area contributed by atoms with Crippen molar-refractivity contribution < 1.29 is 9.59 Å². The van der Waals surface area contributed by atoms with E-state index in [1.165, 1.54) is 6.07 Å². The Morgan fingerprint density at radius 3 is 2.68 bits per heavy atom. The van der Waals surface area contributed by atoms with Crippen LogP contribution in [0.15, 0.2) is 18.2 Å². The minimum atomic E-state index is -0.589. The Morgan fingerprint density at radius 2 is 2.07 bits per heavy atom. The Balaban J connectivity index is 1.94. The van der Waals surface area contributed by atoms with Gasteiger partial charge in [0.25, 0.3) is 5.91 Å². The maximum absolute atomic E-state index is 12.7. The van der Waals surface area contributed by atoms with Gasteiger partial charge in [-0.3, -0.25) is 9.59 Å². The van der Waals surface area contributed by atoms with Crippen molar-refractivity contribution in [2.45, 2.75) is 38.8 Å². The minimum Gasteiger partial charge on any atom is -0.354 e. The first kappa shape index (κ1) is 23.3. The molecule has 1 heterocycles. The summed E-state index contributed by atoms with van der Waals surface area (Å²) in [7, 11) is 0. The molecule has 1 aromatic carbocycles. The molecule has 1 aliphatic rings. The van der Waals surface area contributed by atoms with E-state index in [1.54, 1.807) is 23.9 Å². The van der Waals surface area contributed by atoms with Crippen molar-refractivity contribution in [2.75, 3.05) is 31.6 Å². The second kappa shape index (κ2) is 11.3. The summed E-state index contributed by atoms with van der Waals surface area (Å²) >= 11 is 13.7. The first-order valence-corrected chi connectivity index (χ1v) is 11.7. The Labute approximate surface area is 181 Å². The highest BCUT2D eigenvalue weighted by atomic mass is 35.5. The molecule has 1 fully saturated rings. The van der Waals surface area contributed by atoms with Crippen LogP contribution in [0, 0.1) is 5.92 Å². The number of benzene rings is 1. The maximum Gasteiger partial charge on any atom is 0.253 e. The molecule has 0 aliphatic carbocycles. The van der Waals surface area contributed by atoms with Crippen molar-refractivity contribution in [3.8, 4) is 0 Å². The van der Waals surface area contributed by atoms with Gasteiger partial charge in [-0.25, -0.2) is 0 Å². The van der Waals surface area contributed by atoms with E-state index in [0.717, 1.165) is 25.3 Å². The van der Waals surface area contributed by atoms with Crippen molar-refractivity contribution in [1.29, 1.82) is 0 Å². The minimum absolute atomic E-state index is 0.143. The van der Waals surface area contributed by atoms with Gasteiger partial charge in [0.05, 0.1) is 10.6 Å². The molecule has 2 amide bonds. The smallest absolute Gasteiger partial charge is 0.253 e. The maximum atomic E-state index is 12.7. The van der Waals surface area contributed by atoms with Gasteiger partial charge in [-0.05, 0) is 69.4 Å². The monoisotopic (exact) mass is 445 g/mol. The normalized spacial score (nSPS) is 18.3. The van der Waals surface area contributed by atoms with Gasteiger partial charge in [-0.1, -0.05) is 23.2 Å². The number of hydrogen-bond acceptors (Lipinski definition) is 4. The number of thioether (sulfide) groups is 1. The number of nitrogens with one attached hydrogen (secondary N) is 2. The van der Waals surface area contributed by atoms with E-state index < -0.39 is 6.04 Å². The molecule has 1 saturated heterocycles. The van der Waals surface area contributed by atoms with Gasteiger partial charge in [0, 0.05) is 24.2 Å². The number of nitrogens with zero attached hydrogens (tertiary/aromatic N) is 1. The van der Waals surface area contributed by atoms with E-state index in [0.29, 0.717) is 35.5 Å².